The van der Waals surface area contributed by atoms with Crippen LogP contribution in [-0.4, -0.2) is 46.3 Å². The second-order valence-electron chi connectivity index (χ2n) is 6.49. The fourth-order valence-corrected chi connectivity index (χ4v) is 3.85. The summed E-state index contributed by atoms with van der Waals surface area (Å²) >= 11 is 6.15. The monoisotopic (exact) mass is 528 g/mol. The molecule has 0 aliphatic heterocycles. The Morgan fingerprint density at radius 1 is 1.26 bits per heavy atom. The Morgan fingerprint density at radius 2 is 2.00 bits per heavy atom. The van der Waals surface area contributed by atoms with Gasteiger partial charge in [0, 0.05) is 24.7 Å². The lowest BCUT2D eigenvalue weighted by Crippen LogP contribution is -2.39. The van der Waals surface area contributed by atoms with Crippen molar-refractivity contribution in [1.82, 2.24) is 15.4 Å². The number of nitrogens with one attached hydrogen (secondary N) is 3. The average Bonchev–Trinajstić information content (AvgIpc) is 2.55. The molecule has 0 bridgehead atoms. The fourth-order valence-electron chi connectivity index (χ4n) is 2.65. The van der Waals surface area contributed by atoms with E-state index in [0.29, 0.717) is 31.5 Å². The van der Waals surface area contributed by atoms with Crippen LogP contribution in [0, 0.1) is 5.92 Å². The number of hydrogen-bond donors (Lipinski definition) is 3. The SMILES string of the molecule is CCNC(=NCCS(=O)(=O)NCC1CCC1)NCCc1ccccc1Cl.I. The summed E-state index contributed by atoms with van der Waals surface area (Å²) in [6, 6.07) is 7.73. The van der Waals surface area contributed by atoms with E-state index in [2.05, 4.69) is 20.3 Å². The molecule has 27 heavy (non-hydrogen) atoms. The maximum absolute atomic E-state index is 12.0. The van der Waals surface area contributed by atoms with Crippen molar-refractivity contribution in [1.29, 1.82) is 0 Å². The van der Waals surface area contributed by atoms with E-state index in [-0.39, 0.29) is 36.3 Å². The number of hydrogen-bond acceptors (Lipinski definition) is 3. The average molecular weight is 529 g/mol. The first-order valence-electron chi connectivity index (χ1n) is 9.23. The second kappa shape index (κ2) is 12.8. The molecule has 9 heteroatoms. The molecule has 3 N–H and O–H groups in total. The van der Waals surface area contributed by atoms with Gasteiger partial charge in [0.25, 0.3) is 0 Å². The summed E-state index contributed by atoms with van der Waals surface area (Å²) in [6.45, 7) is 4.14. The molecule has 0 atom stereocenters. The number of aliphatic imine (C=N–C) groups is 1. The molecule has 0 saturated heterocycles. The summed E-state index contributed by atoms with van der Waals surface area (Å²) in [7, 11) is -3.26. The molecule has 0 amide bonds. The van der Waals surface area contributed by atoms with Crippen LogP contribution >= 0.6 is 35.6 Å². The van der Waals surface area contributed by atoms with Crippen molar-refractivity contribution < 1.29 is 8.42 Å². The Morgan fingerprint density at radius 3 is 2.63 bits per heavy atom. The van der Waals surface area contributed by atoms with Gasteiger partial charge in [-0.3, -0.25) is 4.99 Å². The molecular formula is C18H30ClIN4O2S. The van der Waals surface area contributed by atoms with Crippen molar-refractivity contribution in [2.75, 3.05) is 31.9 Å². The molecule has 1 aromatic rings. The fraction of sp³-hybridized carbons (Fsp3) is 0.611. The minimum atomic E-state index is -3.26. The van der Waals surface area contributed by atoms with Gasteiger partial charge in [0.05, 0.1) is 12.3 Å². The molecule has 0 heterocycles. The maximum atomic E-state index is 12.0. The number of sulfonamides is 1. The molecule has 1 aromatic carbocycles. The van der Waals surface area contributed by atoms with Crippen LogP contribution in [0.3, 0.4) is 0 Å². The number of nitrogens with zero attached hydrogens (tertiary/aromatic N) is 1. The Hall–Kier alpha value is -0.580. The Bertz CT molecular complexity index is 696. The van der Waals surface area contributed by atoms with Crippen molar-refractivity contribution in [3.63, 3.8) is 0 Å². The predicted molar refractivity (Wildman–Crippen MR) is 124 cm³/mol. The van der Waals surface area contributed by atoms with Crippen LogP contribution in [-0.2, 0) is 16.4 Å². The summed E-state index contributed by atoms with van der Waals surface area (Å²) in [5.74, 6) is 1.13. The molecule has 0 aromatic heterocycles. The van der Waals surface area contributed by atoms with Crippen LogP contribution in [0.4, 0.5) is 0 Å². The number of halogens is 2. The highest BCUT2D eigenvalue weighted by atomic mass is 127. The minimum absolute atomic E-state index is 0. The number of rotatable bonds is 10. The van der Waals surface area contributed by atoms with Crippen LogP contribution < -0.4 is 15.4 Å². The van der Waals surface area contributed by atoms with Gasteiger partial charge in [-0.05, 0) is 43.7 Å². The van der Waals surface area contributed by atoms with Gasteiger partial charge in [-0.25, -0.2) is 13.1 Å². The van der Waals surface area contributed by atoms with Crippen molar-refractivity contribution in [3.8, 4) is 0 Å². The van der Waals surface area contributed by atoms with E-state index in [4.69, 9.17) is 11.6 Å². The summed E-state index contributed by atoms with van der Waals surface area (Å²) < 4.78 is 26.7. The third-order valence-electron chi connectivity index (χ3n) is 4.44. The van der Waals surface area contributed by atoms with E-state index in [1.807, 2.05) is 31.2 Å². The number of guanidine groups is 1. The van der Waals surface area contributed by atoms with Crippen molar-refractivity contribution in [2.45, 2.75) is 32.6 Å². The first kappa shape index (κ1) is 24.5. The first-order valence-corrected chi connectivity index (χ1v) is 11.3. The minimum Gasteiger partial charge on any atom is -0.357 e. The number of benzene rings is 1. The van der Waals surface area contributed by atoms with Gasteiger partial charge in [-0.2, -0.15) is 0 Å². The third-order valence-corrected chi connectivity index (χ3v) is 6.13. The van der Waals surface area contributed by atoms with Crippen LogP contribution in [0.5, 0.6) is 0 Å². The van der Waals surface area contributed by atoms with E-state index in [1.165, 1.54) is 6.42 Å². The van der Waals surface area contributed by atoms with Crippen molar-refractivity contribution in [2.24, 2.45) is 10.9 Å². The van der Waals surface area contributed by atoms with Gasteiger partial charge in [-0.15, -0.1) is 24.0 Å². The normalized spacial score (nSPS) is 15.0. The topological polar surface area (TPSA) is 82.6 Å². The van der Waals surface area contributed by atoms with Crippen molar-refractivity contribution in [3.05, 3.63) is 34.9 Å². The van der Waals surface area contributed by atoms with Crippen LogP contribution in [0.15, 0.2) is 29.3 Å². The zero-order valence-corrected chi connectivity index (χ0v) is 19.6. The first-order chi connectivity index (χ1) is 12.5. The maximum Gasteiger partial charge on any atom is 0.213 e. The Kier molecular flexibility index (Phi) is 11.6. The highest BCUT2D eigenvalue weighted by Crippen LogP contribution is 2.25. The summed E-state index contributed by atoms with van der Waals surface area (Å²) in [6.07, 6.45) is 4.23. The second-order valence-corrected chi connectivity index (χ2v) is 8.83. The van der Waals surface area contributed by atoms with Gasteiger partial charge in [0.2, 0.25) is 10.0 Å². The molecule has 0 spiro atoms. The molecular weight excluding hydrogens is 499 g/mol. The summed E-state index contributed by atoms with van der Waals surface area (Å²) in [5.41, 5.74) is 1.07. The third kappa shape index (κ3) is 9.45. The van der Waals surface area contributed by atoms with E-state index >= 15 is 0 Å². The quantitative estimate of drug-likeness (QED) is 0.248. The molecule has 1 aliphatic rings. The molecule has 154 valence electrons. The standard InChI is InChI=1S/C18H29ClN4O2S.HI/c1-2-20-18(21-11-10-16-8-3-4-9-17(16)19)22-12-13-26(24,25)23-14-15-6-5-7-15;/h3-4,8-9,15,23H,2,5-7,10-14H2,1H3,(H2,20,21,22);1H. The molecule has 1 saturated carbocycles. The molecule has 0 unspecified atom stereocenters. The van der Waals surface area contributed by atoms with Gasteiger partial charge < -0.3 is 10.6 Å². The zero-order chi connectivity index (χ0) is 18.8. The van der Waals surface area contributed by atoms with Crippen molar-refractivity contribution >= 4 is 51.6 Å². The highest BCUT2D eigenvalue weighted by molar-refractivity contribution is 14.0. The smallest absolute Gasteiger partial charge is 0.213 e. The van der Waals surface area contributed by atoms with Gasteiger partial charge >= 0.3 is 0 Å². The largest absolute Gasteiger partial charge is 0.357 e. The van der Waals surface area contributed by atoms with Gasteiger partial charge in [0.1, 0.15) is 0 Å². The zero-order valence-electron chi connectivity index (χ0n) is 15.7. The summed E-state index contributed by atoms with van der Waals surface area (Å²) in [5, 5.41) is 7.09. The van der Waals surface area contributed by atoms with Gasteiger partial charge in [0.15, 0.2) is 5.96 Å². The molecule has 1 aliphatic carbocycles. The molecule has 1 fully saturated rings. The van der Waals surface area contributed by atoms with Crippen LogP contribution in [0.25, 0.3) is 0 Å². The van der Waals surface area contributed by atoms with E-state index < -0.39 is 10.0 Å². The summed E-state index contributed by atoms with van der Waals surface area (Å²) in [4.78, 5) is 4.36. The predicted octanol–water partition coefficient (Wildman–Crippen LogP) is 2.78. The Labute approximate surface area is 185 Å². The van der Waals surface area contributed by atoms with E-state index in [0.717, 1.165) is 29.8 Å². The van der Waals surface area contributed by atoms with E-state index in [9.17, 15) is 8.42 Å². The van der Waals surface area contributed by atoms with Crippen LogP contribution in [0.1, 0.15) is 31.7 Å². The molecule has 6 nitrogen and oxygen atoms in total. The lowest BCUT2D eigenvalue weighted by atomic mass is 9.86. The van der Waals surface area contributed by atoms with E-state index in [1.54, 1.807) is 0 Å². The highest BCUT2D eigenvalue weighted by Gasteiger charge is 2.19. The van der Waals surface area contributed by atoms with Crippen LogP contribution in [0.2, 0.25) is 5.02 Å². The van der Waals surface area contributed by atoms with Gasteiger partial charge in [-0.1, -0.05) is 36.2 Å². The Balaban J connectivity index is 0.00000364. The molecule has 0 radical (unpaired) electrons. The lowest BCUT2D eigenvalue weighted by molar-refractivity contribution is 0.316. The molecule has 2 rings (SSSR count). The lowest BCUT2D eigenvalue weighted by Gasteiger charge is -2.25.